The number of aromatic amines is 1. The van der Waals surface area contributed by atoms with Crippen LogP contribution in [0, 0.1) is 0 Å². The Bertz CT molecular complexity index is 1290. The molecule has 9 heteroatoms. The van der Waals surface area contributed by atoms with Gasteiger partial charge in [0, 0.05) is 23.5 Å². The number of H-pyrrole nitrogens is 1. The average molecular weight is 545 g/mol. The number of hydrogen-bond donors (Lipinski definition) is 4. The summed E-state index contributed by atoms with van der Waals surface area (Å²) >= 11 is 0. The van der Waals surface area contributed by atoms with E-state index in [0.29, 0.717) is 11.5 Å². The number of allylic oxidation sites excluding steroid dienone is 12. The Morgan fingerprint density at radius 3 is 2.33 bits per heavy atom. The molecule has 0 radical (unpaired) electrons. The molecule has 1 aromatic rings. The molecule has 2 amide bonds. The van der Waals surface area contributed by atoms with Gasteiger partial charge in [-0.3, -0.25) is 9.59 Å². The van der Waals surface area contributed by atoms with Gasteiger partial charge in [-0.15, -0.1) is 0 Å². The van der Waals surface area contributed by atoms with Crippen molar-refractivity contribution >= 4 is 29.8 Å². The van der Waals surface area contributed by atoms with Crippen LogP contribution in [0.1, 0.15) is 32.9 Å². The minimum absolute atomic E-state index is 0.0277. The molecule has 5 N–H and O–H groups in total. The highest BCUT2D eigenvalue weighted by Crippen LogP contribution is 2.17. The standard InChI is InChI=1S/C31H36N4O5/c1-22(20-26-24(3)40-29(34-26)18-17-25-16-13-19-33-25)14-11-9-7-5-4-6-8-10-12-15-23(2)30(37)35-27(31(38)39)21-28(32)36/h4-20,24,26-27,33H,21H2,1-3H3,(H2,32,36)(H,35,37)(H,38,39)/b5-4+,8-6+,9-7+,12-10+,14-11+,18-17+,22-20+,23-15+/t24-,26-,27?/m1/s1. The Hall–Kier alpha value is -4.92. The Balaban J connectivity index is 1.76. The molecule has 40 heavy (non-hydrogen) atoms. The first-order valence-electron chi connectivity index (χ1n) is 12.7. The number of primary amides is 1. The minimum atomic E-state index is -1.36. The fourth-order valence-corrected chi connectivity index (χ4v) is 3.34. The Morgan fingerprint density at radius 1 is 1.07 bits per heavy atom. The number of aromatic nitrogens is 1. The first kappa shape index (κ1) is 31.3. The molecular weight excluding hydrogens is 508 g/mol. The normalized spacial score (nSPS) is 19.4. The third kappa shape index (κ3) is 12.1. The summed E-state index contributed by atoms with van der Waals surface area (Å²) in [5, 5.41) is 11.3. The summed E-state index contributed by atoms with van der Waals surface area (Å²) in [6.45, 7) is 5.57. The third-order valence-electron chi connectivity index (χ3n) is 5.49. The van der Waals surface area contributed by atoms with Gasteiger partial charge in [0.25, 0.3) is 0 Å². The topological polar surface area (TPSA) is 147 Å². The van der Waals surface area contributed by atoms with Gasteiger partial charge in [0.05, 0.1) is 6.42 Å². The number of carbonyl (C=O) groups is 3. The Kier molecular flexibility index (Phi) is 13.2. The van der Waals surface area contributed by atoms with E-state index in [0.717, 1.165) is 11.3 Å². The van der Waals surface area contributed by atoms with E-state index in [2.05, 4.69) is 21.4 Å². The molecule has 0 aromatic carbocycles. The number of carboxylic acid groups (broad SMARTS) is 1. The second-order valence-corrected chi connectivity index (χ2v) is 8.93. The van der Waals surface area contributed by atoms with E-state index in [1.807, 2.05) is 86.9 Å². The number of nitrogens with two attached hydrogens (primary N) is 1. The molecule has 0 fully saturated rings. The zero-order chi connectivity index (χ0) is 29.3. The molecule has 0 saturated heterocycles. The number of carbonyl (C=O) groups excluding carboxylic acids is 2. The SMILES string of the molecule is CC(/C=C/C=C/C=C/C=C/C=C/C=C(\C)C(=O)NC(CC(N)=O)C(=O)O)=C\[C@H]1N=C(/C=C/c2ccc[nH]2)O[C@@H]1C. The predicted octanol–water partition coefficient (Wildman–Crippen LogP) is 4.33. The van der Waals surface area contributed by atoms with Gasteiger partial charge in [-0.1, -0.05) is 78.5 Å². The van der Waals surface area contributed by atoms with E-state index in [4.69, 9.17) is 15.6 Å². The Labute approximate surface area is 234 Å². The van der Waals surface area contributed by atoms with Crippen molar-refractivity contribution in [3.8, 4) is 0 Å². The molecule has 1 aliphatic rings. The fourth-order valence-electron chi connectivity index (χ4n) is 3.34. The maximum absolute atomic E-state index is 12.1. The number of ether oxygens (including phenoxy) is 1. The van der Waals surface area contributed by atoms with Gasteiger partial charge < -0.3 is 25.9 Å². The molecule has 1 aromatic heterocycles. The van der Waals surface area contributed by atoms with Crippen molar-refractivity contribution in [2.24, 2.45) is 10.7 Å². The summed E-state index contributed by atoms with van der Waals surface area (Å²) in [5.41, 5.74) is 7.38. The van der Waals surface area contributed by atoms with E-state index in [9.17, 15) is 14.4 Å². The van der Waals surface area contributed by atoms with Crippen LogP contribution in [-0.2, 0) is 19.1 Å². The van der Waals surface area contributed by atoms with Gasteiger partial charge in [-0.25, -0.2) is 9.79 Å². The van der Waals surface area contributed by atoms with E-state index in [1.165, 1.54) is 13.0 Å². The first-order chi connectivity index (χ1) is 19.2. The van der Waals surface area contributed by atoms with Crippen LogP contribution in [0.5, 0.6) is 0 Å². The Morgan fingerprint density at radius 2 is 1.73 bits per heavy atom. The van der Waals surface area contributed by atoms with Crippen LogP contribution in [-0.4, -0.2) is 52.0 Å². The van der Waals surface area contributed by atoms with Crippen LogP contribution in [0.2, 0.25) is 0 Å². The number of aliphatic carboxylic acids is 1. The smallest absolute Gasteiger partial charge is 0.326 e. The highest BCUT2D eigenvalue weighted by atomic mass is 16.5. The highest BCUT2D eigenvalue weighted by Gasteiger charge is 2.24. The third-order valence-corrected chi connectivity index (χ3v) is 5.49. The summed E-state index contributed by atoms with van der Waals surface area (Å²) < 4.78 is 5.82. The highest BCUT2D eigenvalue weighted by molar-refractivity contribution is 5.96. The number of amides is 2. The van der Waals surface area contributed by atoms with Gasteiger partial charge in [0.2, 0.25) is 17.7 Å². The average Bonchev–Trinajstić information content (AvgIpc) is 3.54. The van der Waals surface area contributed by atoms with Crippen molar-refractivity contribution in [2.75, 3.05) is 0 Å². The lowest BCUT2D eigenvalue weighted by Crippen LogP contribution is -2.43. The molecule has 9 nitrogen and oxygen atoms in total. The number of aliphatic imine (C=N–C) groups is 1. The van der Waals surface area contributed by atoms with E-state index in [-0.39, 0.29) is 12.1 Å². The van der Waals surface area contributed by atoms with Crippen molar-refractivity contribution in [3.05, 3.63) is 114 Å². The van der Waals surface area contributed by atoms with Gasteiger partial charge in [0.1, 0.15) is 18.2 Å². The molecule has 0 saturated carbocycles. The maximum atomic E-state index is 12.1. The van der Waals surface area contributed by atoms with Crippen molar-refractivity contribution in [2.45, 2.75) is 45.4 Å². The lowest BCUT2D eigenvalue weighted by Gasteiger charge is -2.12. The minimum Gasteiger partial charge on any atom is -0.480 e. The van der Waals surface area contributed by atoms with E-state index >= 15 is 0 Å². The molecule has 210 valence electrons. The zero-order valence-electron chi connectivity index (χ0n) is 22.9. The van der Waals surface area contributed by atoms with Gasteiger partial charge in [-0.05, 0) is 39.0 Å². The zero-order valence-corrected chi connectivity index (χ0v) is 22.9. The lowest BCUT2D eigenvalue weighted by molar-refractivity contribution is -0.142. The summed E-state index contributed by atoms with van der Waals surface area (Å²) in [6, 6.07) is 2.52. The van der Waals surface area contributed by atoms with Crippen LogP contribution in [0.3, 0.4) is 0 Å². The summed E-state index contributed by atoms with van der Waals surface area (Å²) in [5.74, 6) is -2.10. The second kappa shape index (κ2) is 16.8. The van der Waals surface area contributed by atoms with Crippen LogP contribution in [0.15, 0.2) is 113 Å². The van der Waals surface area contributed by atoms with E-state index in [1.54, 1.807) is 18.2 Å². The molecule has 2 rings (SSSR count). The quantitative estimate of drug-likeness (QED) is 0.203. The monoisotopic (exact) mass is 544 g/mol. The van der Waals surface area contributed by atoms with Crippen LogP contribution in [0.4, 0.5) is 0 Å². The fraction of sp³-hybridized carbons (Fsp3) is 0.226. The number of rotatable bonds is 14. The van der Waals surface area contributed by atoms with Crippen LogP contribution >= 0.6 is 0 Å². The molecule has 0 aliphatic carbocycles. The first-order valence-corrected chi connectivity index (χ1v) is 12.7. The molecule has 1 aliphatic heterocycles. The van der Waals surface area contributed by atoms with Gasteiger partial charge >= 0.3 is 5.97 Å². The van der Waals surface area contributed by atoms with Crippen molar-refractivity contribution in [1.29, 1.82) is 0 Å². The number of hydrogen-bond acceptors (Lipinski definition) is 5. The number of carboxylic acids is 1. The van der Waals surface area contributed by atoms with Crippen molar-refractivity contribution in [3.63, 3.8) is 0 Å². The summed E-state index contributed by atoms with van der Waals surface area (Å²) in [4.78, 5) is 41.8. The molecule has 3 atom stereocenters. The summed E-state index contributed by atoms with van der Waals surface area (Å²) in [6.07, 6.45) is 27.3. The second-order valence-electron chi connectivity index (χ2n) is 8.93. The van der Waals surface area contributed by atoms with Gasteiger partial charge in [0.15, 0.2) is 0 Å². The van der Waals surface area contributed by atoms with Gasteiger partial charge in [-0.2, -0.15) is 0 Å². The number of nitrogens with zero attached hydrogens (tertiary/aromatic N) is 1. The largest absolute Gasteiger partial charge is 0.480 e. The van der Waals surface area contributed by atoms with Crippen LogP contribution in [0.25, 0.3) is 6.08 Å². The van der Waals surface area contributed by atoms with E-state index < -0.39 is 30.2 Å². The molecular formula is C31H36N4O5. The van der Waals surface area contributed by atoms with Crippen molar-refractivity contribution < 1.29 is 24.2 Å². The molecule has 2 heterocycles. The molecule has 1 unspecified atom stereocenters. The predicted molar refractivity (Wildman–Crippen MR) is 158 cm³/mol. The summed E-state index contributed by atoms with van der Waals surface area (Å²) in [7, 11) is 0. The molecule has 0 bridgehead atoms. The maximum Gasteiger partial charge on any atom is 0.326 e. The van der Waals surface area contributed by atoms with Crippen molar-refractivity contribution in [1.82, 2.24) is 10.3 Å². The molecule has 0 spiro atoms. The lowest BCUT2D eigenvalue weighted by atomic mass is 10.1. The van der Waals surface area contributed by atoms with Crippen LogP contribution < -0.4 is 11.1 Å². The number of nitrogens with one attached hydrogen (secondary N) is 2.